The lowest BCUT2D eigenvalue weighted by Crippen LogP contribution is -2.15. The number of nitro benzene ring substituents is 1. The lowest BCUT2D eigenvalue weighted by atomic mass is 10.1. The van der Waals surface area contributed by atoms with Gasteiger partial charge in [0.15, 0.2) is 0 Å². The molecule has 0 fully saturated rings. The number of benzene rings is 1. The largest absolute Gasteiger partial charge is 0.320 e. The molecule has 2 aromatic rings. The number of carbonyl (C=O) groups excluding carboxylic acids is 1. The summed E-state index contributed by atoms with van der Waals surface area (Å²) >= 11 is 5.61. The molecule has 8 heteroatoms. The monoisotopic (exact) mass is 309 g/mol. The molecule has 0 bridgehead atoms. The molecular formula is C13H9ClFN3O3. The second-order valence-corrected chi connectivity index (χ2v) is 4.59. The highest BCUT2D eigenvalue weighted by molar-refractivity contribution is 6.29. The molecule has 0 aliphatic carbocycles. The minimum absolute atomic E-state index is 0.0172. The summed E-state index contributed by atoms with van der Waals surface area (Å²) in [4.78, 5) is 25.8. The van der Waals surface area contributed by atoms with E-state index in [0.29, 0.717) is 5.69 Å². The van der Waals surface area contributed by atoms with Crippen LogP contribution in [0, 0.1) is 22.9 Å². The van der Waals surface area contributed by atoms with Crippen LogP contribution in [0.3, 0.4) is 0 Å². The third-order valence-electron chi connectivity index (χ3n) is 2.68. The van der Waals surface area contributed by atoms with Crippen LogP contribution < -0.4 is 5.32 Å². The maximum Gasteiger partial charge on any atom is 0.270 e. The van der Waals surface area contributed by atoms with Crippen LogP contribution in [0.1, 0.15) is 15.9 Å². The van der Waals surface area contributed by atoms with Crippen LogP contribution >= 0.6 is 11.6 Å². The first-order chi connectivity index (χ1) is 9.88. The number of non-ortho nitro benzene ring substituents is 1. The molecule has 0 unspecified atom stereocenters. The van der Waals surface area contributed by atoms with E-state index in [1.165, 1.54) is 25.3 Å². The van der Waals surface area contributed by atoms with E-state index in [-0.39, 0.29) is 16.4 Å². The number of pyridine rings is 1. The van der Waals surface area contributed by atoms with Gasteiger partial charge in [-0.05, 0) is 24.6 Å². The van der Waals surface area contributed by atoms with Gasteiger partial charge in [0.05, 0.1) is 22.4 Å². The number of rotatable bonds is 3. The van der Waals surface area contributed by atoms with Crippen molar-refractivity contribution in [3.05, 3.63) is 62.7 Å². The predicted molar refractivity (Wildman–Crippen MR) is 75.0 cm³/mol. The Bertz CT molecular complexity index is 719. The Morgan fingerprint density at radius 3 is 2.71 bits per heavy atom. The Hall–Kier alpha value is -2.54. The molecule has 2 rings (SSSR count). The number of nitro groups is 1. The predicted octanol–water partition coefficient (Wildman–Crippen LogP) is 3.34. The topological polar surface area (TPSA) is 85.1 Å². The second-order valence-electron chi connectivity index (χ2n) is 4.21. The number of nitrogens with zero attached hydrogens (tertiary/aromatic N) is 2. The quantitative estimate of drug-likeness (QED) is 0.535. The standard InChI is InChI=1S/C13H9ClFN3O3/c1-7-4-9(18(20)21)5-10(12(7)15)13(19)17-8-2-3-11(14)16-6-8/h2-6H,1H3,(H,17,19). The first kappa shape index (κ1) is 14.9. The van der Waals surface area contributed by atoms with Crippen molar-refractivity contribution < 1.29 is 14.1 Å². The van der Waals surface area contributed by atoms with Gasteiger partial charge in [-0.15, -0.1) is 0 Å². The number of amides is 1. The van der Waals surface area contributed by atoms with Crippen LogP contribution in [0.15, 0.2) is 30.5 Å². The number of nitrogens with one attached hydrogen (secondary N) is 1. The van der Waals surface area contributed by atoms with Crippen LogP contribution in [0.25, 0.3) is 0 Å². The Morgan fingerprint density at radius 1 is 1.43 bits per heavy atom. The van der Waals surface area contributed by atoms with Crippen LogP contribution in [-0.4, -0.2) is 15.8 Å². The highest BCUT2D eigenvalue weighted by atomic mass is 35.5. The van der Waals surface area contributed by atoms with Crippen molar-refractivity contribution in [1.29, 1.82) is 0 Å². The Kier molecular flexibility index (Phi) is 4.13. The van der Waals surface area contributed by atoms with Crippen molar-refractivity contribution in [2.24, 2.45) is 0 Å². The molecule has 0 saturated heterocycles. The van der Waals surface area contributed by atoms with Crippen molar-refractivity contribution in [3.8, 4) is 0 Å². The summed E-state index contributed by atoms with van der Waals surface area (Å²) in [6.45, 7) is 1.35. The van der Waals surface area contributed by atoms with Crippen molar-refractivity contribution in [2.45, 2.75) is 6.92 Å². The third kappa shape index (κ3) is 3.32. The molecule has 21 heavy (non-hydrogen) atoms. The maximum absolute atomic E-state index is 13.9. The number of aromatic nitrogens is 1. The molecule has 1 aromatic carbocycles. The lowest BCUT2D eigenvalue weighted by molar-refractivity contribution is -0.385. The normalized spacial score (nSPS) is 10.2. The summed E-state index contributed by atoms with van der Waals surface area (Å²) in [6.07, 6.45) is 1.29. The minimum atomic E-state index is -0.806. The molecule has 0 aliphatic heterocycles. The third-order valence-corrected chi connectivity index (χ3v) is 2.90. The van der Waals surface area contributed by atoms with Crippen molar-refractivity contribution in [1.82, 2.24) is 4.98 Å². The van der Waals surface area contributed by atoms with Gasteiger partial charge in [0, 0.05) is 12.1 Å². The van der Waals surface area contributed by atoms with Crippen LogP contribution in [-0.2, 0) is 0 Å². The average molecular weight is 310 g/mol. The zero-order valence-corrected chi connectivity index (χ0v) is 11.5. The van der Waals surface area contributed by atoms with Gasteiger partial charge in [-0.25, -0.2) is 9.37 Å². The minimum Gasteiger partial charge on any atom is -0.320 e. The average Bonchev–Trinajstić information content (AvgIpc) is 2.43. The summed E-state index contributed by atoms with van der Waals surface area (Å²) in [5.74, 6) is -1.61. The fourth-order valence-electron chi connectivity index (χ4n) is 1.67. The summed E-state index contributed by atoms with van der Waals surface area (Å²) in [7, 11) is 0. The molecule has 0 radical (unpaired) electrons. The number of halogens is 2. The van der Waals surface area contributed by atoms with Gasteiger partial charge in [0.2, 0.25) is 0 Å². The molecule has 0 aliphatic rings. The Balaban J connectivity index is 2.34. The first-order valence-corrected chi connectivity index (χ1v) is 6.13. The molecule has 1 amide bonds. The van der Waals surface area contributed by atoms with Gasteiger partial charge in [-0.2, -0.15) is 0 Å². The van der Waals surface area contributed by atoms with Gasteiger partial charge in [-0.3, -0.25) is 14.9 Å². The number of anilines is 1. The highest BCUT2D eigenvalue weighted by Gasteiger charge is 2.19. The van der Waals surface area contributed by atoms with E-state index in [9.17, 15) is 19.3 Å². The van der Waals surface area contributed by atoms with Crippen molar-refractivity contribution in [2.75, 3.05) is 5.32 Å². The van der Waals surface area contributed by atoms with E-state index in [1.807, 2.05) is 0 Å². The van der Waals surface area contributed by atoms with E-state index >= 15 is 0 Å². The highest BCUT2D eigenvalue weighted by Crippen LogP contribution is 2.22. The van der Waals surface area contributed by atoms with E-state index in [0.717, 1.165) is 12.1 Å². The van der Waals surface area contributed by atoms with Crippen LogP contribution in [0.4, 0.5) is 15.8 Å². The SMILES string of the molecule is Cc1cc([N+](=O)[O-])cc(C(=O)Nc2ccc(Cl)nc2)c1F. The maximum atomic E-state index is 13.9. The lowest BCUT2D eigenvalue weighted by Gasteiger charge is -2.07. The fraction of sp³-hybridized carbons (Fsp3) is 0.0769. The van der Waals surface area contributed by atoms with Gasteiger partial charge < -0.3 is 5.32 Å². The van der Waals surface area contributed by atoms with Crippen LogP contribution in [0.5, 0.6) is 0 Å². The number of hydrogen-bond donors (Lipinski definition) is 1. The van der Waals surface area contributed by atoms with E-state index in [2.05, 4.69) is 10.3 Å². The van der Waals surface area contributed by atoms with Gasteiger partial charge in [0.25, 0.3) is 11.6 Å². The molecule has 1 heterocycles. The second kappa shape index (κ2) is 5.84. The van der Waals surface area contributed by atoms with Gasteiger partial charge >= 0.3 is 0 Å². The smallest absolute Gasteiger partial charge is 0.270 e. The zero-order chi connectivity index (χ0) is 15.6. The summed E-state index contributed by atoms with van der Waals surface area (Å²) in [6, 6.07) is 4.89. The van der Waals surface area contributed by atoms with E-state index in [4.69, 9.17) is 11.6 Å². The van der Waals surface area contributed by atoms with E-state index < -0.39 is 22.2 Å². The molecule has 0 saturated carbocycles. The van der Waals surface area contributed by atoms with Gasteiger partial charge in [0.1, 0.15) is 11.0 Å². The molecule has 1 aromatic heterocycles. The number of hydrogen-bond acceptors (Lipinski definition) is 4. The molecule has 6 nitrogen and oxygen atoms in total. The summed E-state index contributed by atoms with van der Waals surface area (Å²) < 4.78 is 13.9. The molecule has 0 spiro atoms. The summed E-state index contributed by atoms with van der Waals surface area (Å²) in [5, 5.41) is 13.4. The van der Waals surface area contributed by atoms with E-state index in [1.54, 1.807) is 0 Å². The molecule has 0 atom stereocenters. The molecular weight excluding hydrogens is 301 g/mol. The fourth-order valence-corrected chi connectivity index (χ4v) is 1.78. The first-order valence-electron chi connectivity index (χ1n) is 5.76. The van der Waals surface area contributed by atoms with Gasteiger partial charge in [-0.1, -0.05) is 11.6 Å². The zero-order valence-electron chi connectivity index (χ0n) is 10.8. The van der Waals surface area contributed by atoms with Crippen molar-refractivity contribution >= 4 is 28.9 Å². The van der Waals surface area contributed by atoms with Crippen molar-refractivity contribution in [3.63, 3.8) is 0 Å². The Labute approximate surface area is 123 Å². The Morgan fingerprint density at radius 2 is 2.14 bits per heavy atom. The molecule has 108 valence electrons. The van der Waals surface area contributed by atoms with Crippen LogP contribution in [0.2, 0.25) is 5.15 Å². The number of aryl methyl sites for hydroxylation is 1. The molecule has 1 N–H and O–H groups in total. The number of carbonyl (C=O) groups is 1. The summed E-state index contributed by atoms with van der Waals surface area (Å²) in [5.41, 5.74) is -0.443.